The van der Waals surface area contributed by atoms with Crippen molar-refractivity contribution in [2.24, 2.45) is 0 Å². The zero-order valence-electron chi connectivity index (χ0n) is 19.1. The Morgan fingerprint density at radius 2 is 1.59 bits per heavy atom. The standard InChI is InChI=1S/C24H29NO6S/c1-15-12-17(3)20(13-16(15)2)23(26)18(4)31-24(27)19-8-9-21(30-5)22(14-19)32(28,29)25-10-6-7-11-25/h8-9,12-14,18H,6-7,10-11H2,1-5H3. The lowest BCUT2D eigenvalue weighted by molar-refractivity contribution is 0.0318. The van der Waals surface area contributed by atoms with Crippen molar-refractivity contribution in [1.29, 1.82) is 0 Å². The van der Waals surface area contributed by atoms with Crippen LogP contribution in [-0.2, 0) is 14.8 Å². The van der Waals surface area contributed by atoms with Gasteiger partial charge in [-0.3, -0.25) is 4.79 Å². The highest BCUT2D eigenvalue weighted by atomic mass is 32.2. The van der Waals surface area contributed by atoms with Crippen LogP contribution in [0, 0.1) is 20.8 Å². The Morgan fingerprint density at radius 1 is 0.969 bits per heavy atom. The molecule has 2 aromatic carbocycles. The third-order valence-corrected chi connectivity index (χ3v) is 7.76. The van der Waals surface area contributed by atoms with Crippen LogP contribution in [0.25, 0.3) is 0 Å². The van der Waals surface area contributed by atoms with Crippen molar-refractivity contribution in [2.75, 3.05) is 20.2 Å². The van der Waals surface area contributed by atoms with E-state index in [1.165, 1.54) is 36.5 Å². The number of sulfonamides is 1. The summed E-state index contributed by atoms with van der Waals surface area (Å²) in [5.41, 5.74) is 3.41. The Kier molecular flexibility index (Phi) is 7.05. The summed E-state index contributed by atoms with van der Waals surface area (Å²) in [6.45, 7) is 8.11. The minimum Gasteiger partial charge on any atom is -0.495 e. The molecule has 0 spiro atoms. The fourth-order valence-electron chi connectivity index (χ4n) is 3.80. The number of hydrogen-bond acceptors (Lipinski definition) is 6. The fraction of sp³-hybridized carbons (Fsp3) is 0.417. The SMILES string of the molecule is COc1ccc(C(=O)OC(C)C(=O)c2cc(C)c(C)cc2C)cc1S(=O)(=O)N1CCCC1. The Hall–Kier alpha value is -2.71. The molecule has 1 fully saturated rings. The third-order valence-electron chi connectivity index (χ3n) is 5.84. The first kappa shape index (κ1) is 23.9. The predicted octanol–water partition coefficient (Wildman–Crippen LogP) is 3.83. The topological polar surface area (TPSA) is 90.0 Å². The first-order valence-corrected chi connectivity index (χ1v) is 12.0. The second kappa shape index (κ2) is 9.42. The number of rotatable bonds is 7. The van der Waals surface area contributed by atoms with Gasteiger partial charge in [0.25, 0.3) is 0 Å². The van der Waals surface area contributed by atoms with Gasteiger partial charge < -0.3 is 9.47 Å². The number of Topliss-reactive ketones (excluding diaryl/α,β-unsaturated/α-hetero) is 1. The van der Waals surface area contributed by atoms with Gasteiger partial charge in [0.2, 0.25) is 15.8 Å². The van der Waals surface area contributed by atoms with E-state index in [-0.39, 0.29) is 22.0 Å². The van der Waals surface area contributed by atoms with Crippen LogP contribution in [0.3, 0.4) is 0 Å². The molecule has 0 N–H and O–H groups in total. The van der Waals surface area contributed by atoms with E-state index in [4.69, 9.17) is 9.47 Å². The largest absolute Gasteiger partial charge is 0.495 e. The third kappa shape index (κ3) is 4.71. The van der Waals surface area contributed by atoms with Gasteiger partial charge in [-0.1, -0.05) is 6.07 Å². The highest BCUT2D eigenvalue weighted by Crippen LogP contribution is 2.30. The Morgan fingerprint density at radius 3 is 2.22 bits per heavy atom. The number of carbonyl (C=O) groups is 2. The number of carbonyl (C=O) groups excluding carboxylic acids is 2. The van der Waals surface area contributed by atoms with E-state index in [9.17, 15) is 18.0 Å². The summed E-state index contributed by atoms with van der Waals surface area (Å²) in [6, 6.07) is 7.84. The molecule has 172 valence electrons. The molecule has 7 nitrogen and oxygen atoms in total. The van der Waals surface area contributed by atoms with E-state index >= 15 is 0 Å². The first-order valence-electron chi connectivity index (χ1n) is 10.6. The maximum atomic E-state index is 13.0. The van der Waals surface area contributed by atoms with Crippen molar-refractivity contribution >= 4 is 21.8 Å². The van der Waals surface area contributed by atoms with Crippen LogP contribution in [0.4, 0.5) is 0 Å². The molecule has 1 heterocycles. The van der Waals surface area contributed by atoms with Crippen LogP contribution in [0.5, 0.6) is 5.75 Å². The molecule has 0 radical (unpaired) electrons. The van der Waals surface area contributed by atoms with Crippen molar-refractivity contribution in [3.05, 3.63) is 58.1 Å². The maximum absolute atomic E-state index is 13.0. The van der Waals surface area contributed by atoms with Crippen molar-refractivity contribution in [1.82, 2.24) is 4.31 Å². The molecule has 0 saturated carbocycles. The van der Waals surface area contributed by atoms with Crippen LogP contribution >= 0.6 is 0 Å². The summed E-state index contributed by atoms with van der Waals surface area (Å²) in [7, 11) is -2.43. The molecule has 2 aromatic rings. The number of nitrogens with zero attached hydrogens (tertiary/aromatic N) is 1. The maximum Gasteiger partial charge on any atom is 0.338 e. The van der Waals surface area contributed by atoms with Gasteiger partial charge in [0.15, 0.2) is 6.10 Å². The van der Waals surface area contributed by atoms with Crippen LogP contribution < -0.4 is 4.74 Å². The molecule has 1 saturated heterocycles. The molecule has 1 atom stereocenters. The summed E-state index contributed by atoms with van der Waals surface area (Å²) >= 11 is 0. The van der Waals surface area contributed by atoms with Crippen molar-refractivity contribution in [2.45, 2.75) is 51.5 Å². The lowest BCUT2D eigenvalue weighted by Gasteiger charge is -2.19. The number of ether oxygens (including phenoxy) is 2. The number of methoxy groups -OCH3 is 1. The van der Waals surface area contributed by atoms with E-state index in [1.54, 1.807) is 6.07 Å². The average molecular weight is 460 g/mol. The molecule has 0 aliphatic carbocycles. The van der Waals surface area contributed by atoms with Crippen molar-refractivity contribution in [3.8, 4) is 5.75 Å². The molecule has 0 bridgehead atoms. The van der Waals surface area contributed by atoms with Crippen molar-refractivity contribution < 1.29 is 27.5 Å². The minimum atomic E-state index is -3.81. The molecule has 3 rings (SSSR count). The fourth-order valence-corrected chi connectivity index (χ4v) is 5.50. The summed E-state index contributed by atoms with van der Waals surface area (Å²) in [4.78, 5) is 25.6. The molecule has 0 amide bonds. The molecule has 1 unspecified atom stereocenters. The Bertz CT molecular complexity index is 1150. The van der Waals surface area contributed by atoms with Crippen LogP contribution in [0.2, 0.25) is 0 Å². The van der Waals surface area contributed by atoms with E-state index in [0.29, 0.717) is 18.7 Å². The van der Waals surface area contributed by atoms with E-state index in [1.807, 2.05) is 26.8 Å². The van der Waals surface area contributed by atoms with Gasteiger partial charge in [0.05, 0.1) is 12.7 Å². The monoisotopic (exact) mass is 459 g/mol. The van der Waals surface area contributed by atoms with E-state index < -0.39 is 22.1 Å². The number of ketones is 1. The molecular weight excluding hydrogens is 430 g/mol. The van der Waals surface area contributed by atoms with Crippen molar-refractivity contribution in [3.63, 3.8) is 0 Å². The summed E-state index contributed by atoms with van der Waals surface area (Å²) in [5, 5.41) is 0. The van der Waals surface area contributed by atoms with Crippen LogP contribution in [0.15, 0.2) is 35.2 Å². The van der Waals surface area contributed by atoms with Gasteiger partial charge in [-0.2, -0.15) is 4.31 Å². The van der Waals surface area contributed by atoms with Gasteiger partial charge in [-0.15, -0.1) is 0 Å². The summed E-state index contributed by atoms with van der Waals surface area (Å²) in [6.07, 6.45) is 0.561. The van der Waals surface area contributed by atoms with Crippen LogP contribution in [-0.4, -0.2) is 50.8 Å². The van der Waals surface area contributed by atoms with E-state index in [0.717, 1.165) is 29.5 Å². The molecule has 0 aromatic heterocycles. The molecule has 1 aliphatic heterocycles. The van der Waals surface area contributed by atoms with E-state index in [2.05, 4.69) is 0 Å². The van der Waals surface area contributed by atoms with Gasteiger partial charge in [-0.25, -0.2) is 13.2 Å². The lowest BCUT2D eigenvalue weighted by Crippen LogP contribution is -2.29. The second-order valence-electron chi connectivity index (χ2n) is 8.14. The van der Waals surface area contributed by atoms with Gasteiger partial charge >= 0.3 is 5.97 Å². The lowest BCUT2D eigenvalue weighted by atomic mass is 9.96. The zero-order chi connectivity index (χ0) is 23.6. The Labute approximate surface area is 189 Å². The summed E-state index contributed by atoms with van der Waals surface area (Å²) in [5.74, 6) is -0.923. The molecular formula is C24H29NO6S. The Balaban J connectivity index is 1.85. The molecule has 1 aliphatic rings. The highest BCUT2D eigenvalue weighted by Gasteiger charge is 2.31. The van der Waals surface area contributed by atoms with Gasteiger partial charge in [-0.05, 0) is 81.5 Å². The summed E-state index contributed by atoms with van der Waals surface area (Å²) < 4.78 is 38.1. The predicted molar refractivity (Wildman–Crippen MR) is 121 cm³/mol. The quantitative estimate of drug-likeness (QED) is 0.462. The number of esters is 1. The number of hydrogen-bond donors (Lipinski definition) is 0. The van der Waals surface area contributed by atoms with Crippen LogP contribution in [0.1, 0.15) is 57.2 Å². The molecule has 8 heteroatoms. The number of aryl methyl sites for hydroxylation is 3. The van der Waals surface area contributed by atoms with Gasteiger partial charge in [0.1, 0.15) is 10.6 Å². The smallest absolute Gasteiger partial charge is 0.338 e. The number of benzene rings is 2. The minimum absolute atomic E-state index is 0.0417. The first-order chi connectivity index (χ1) is 15.1. The van der Waals surface area contributed by atoms with Gasteiger partial charge in [0, 0.05) is 18.7 Å². The normalized spacial score (nSPS) is 15.4. The highest BCUT2D eigenvalue weighted by molar-refractivity contribution is 7.89. The zero-order valence-corrected chi connectivity index (χ0v) is 19.9. The molecule has 32 heavy (non-hydrogen) atoms. The average Bonchev–Trinajstić information content (AvgIpc) is 3.31. The second-order valence-corrected chi connectivity index (χ2v) is 10.0.